The molecular formula is C9H27NS3. The van der Waals surface area contributed by atoms with Gasteiger partial charge in [0.1, 0.15) is 0 Å². The van der Waals surface area contributed by atoms with Crippen molar-refractivity contribution in [3.63, 3.8) is 0 Å². The molecule has 0 aliphatic heterocycles. The van der Waals surface area contributed by atoms with Crippen molar-refractivity contribution in [2.75, 3.05) is 56.3 Å². The number of hydrogen-bond donors (Lipinski definition) is 0. The van der Waals surface area contributed by atoms with Gasteiger partial charge in [0.2, 0.25) is 0 Å². The van der Waals surface area contributed by atoms with E-state index in [1.54, 1.807) is 0 Å². The average molecular weight is 246 g/mol. The van der Waals surface area contributed by atoms with Crippen molar-refractivity contribution in [2.45, 2.75) is 0 Å². The normalized spacial score (nSPS) is 18.9. The minimum atomic E-state index is -0.573. The highest BCUT2D eigenvalue weighted by Crippen LogP contribution is 2.69. The summed E-state index contributed by atoms with van der Waals surface area (Å²) >= 11 is 0. The predicted molar refractivity (Wildman–Crippen MR) is 77.9 cm³/mol. The lowest BCUT2D eigenvalue weighted by molar-refractivity contribution is 1.18. The molecule has 0 aromatic rings. The van der Waals surface area contributed by atoms with Crippen LogP contribution in [0.4, 0.5) is 0 Å². The fourth-order valence-electron chi connectivity index (χ4n) is 2.01. The fraction of sp³-hybridized carbons (Fsp3) is 1.00. The van der Waals surface area contributed by atoms with Gasteiger partial charge in [-0.25, -0.2) is 0 Å². The molecule has 0 atom stereocenters. The third-order valence-corrected chi connectivity index (χ3v) is 12.1. The second-order valence-electron chi connectivity index (χ2n) is 5.54. The number of nitrogens with zero attached hydrogens (tertiary/aromatic N) is 1. The quantitative estimate of drug-likeness (QED) is 0.738. The van der Waals surface area contributed by atoms with Gasteiger partial charge in [-0.15, -0.1) is 0 Å². The topological polar surface area (TPSA) is 3.24 Å². The molecule has 0 unspecified atom stereocenters. The molecule has 0 aromatic heterocycles. The first-order valence-electron chi connectivity index (χ1n) is 4.22. The highest BCUT2D eigenvalue weighted by molar-refractivity contribution is 8.56. The zero-order valence-corrected chi connectivity index (χ0v) is 13.1. The van der Waals surface area contributed by atoms with Gasteiger partial charge in [-0.3, -0.25) is 0 Å². The van der Waals surface area contributed by atoms with Crippen molar-refractivity contribution < 1.29 is 0 Å². The van der Waals surface area contributed by atoms with E-state index in [2.05, 4.69) is 59.4 Å². The lowest BCUT2D eigenvalue weighted by atomic mass is 11.9. The summed E-state index contributed by atoms with van der Waals surface area (Å²) in [7, 11) is -1.72. The maximum Gasteiger partial charge on any atom is -0.0213 e. The van der Waals surface area contributed by atoms with Crippen LogP contribution in [0.25, 0.3) is 0 Å². The Kier molecular flexibility index (Phi) is 4.17. The van der Waals surface area contributed by atoms with E-state index in [-0.39, 0.29) is 0 Å². The highest BCUT2D eigenvalue weighted by Gasteiger charge is 2.32. The predicted octanol–water partition coefficient (Wildman–Crippen LogP) is 3.12. The summed E-state index contributed by atoms with van der Waals surface area (Å²) in [6.07, 6.45) is 21.7. The van der Waals surface area contributed by atoms with E-state index in [1.807, 2.05) is 0 Å². The minimum Gasteiger partial charge on any atom is -0.195 e. The molecule has 0 radical (unpaired) electrons. The van der Waals surface area contributed by atoms with Crippen LogP contribution < -0.4 is 0 Å². The maximum absolute atomic E-state index is 2.81. The molecule has 1 nitrogen and oxygen atoms in total. The molecule has 0 fully saturated rings. The van der Waals surface area contributed by atoms with Gasteiger partial charge in [0, 0.05) is 0 Å². The van der Waals surface area contributed by atoms with Gasteiger partial charge >= 0.3 is 0 Å². The monoisotopic (exact) mass is 245 g/mol. The molecule has 0 heterocycles. The summed E-state index contributed by atoms with van der Waals surface area (Å²) in [5, 5.41) is 0. The zero-order valence-electron chi connectivity index (χ0n) is 10.7. The summed E-state index contributed by atoms with van der Waals surface area (Å²) in [5.41, 5.74) is 0. The Labute approximate surface area is 90.0 Å². The van der Waals surface area contributed by atoms with Crippen LogP contribution in [0.15, 0.2) is 0 Å². The summed E-state index contributed by atoms with van der Waals surface area (Å²) in [5.74, 6) is 0. The lowest BCUT2D eigenvalue weighted by Gasteiger charge is -2.59. The SMILES string of the molecule is CS(C)(C)N(S(C)(C)C)S(C)(C)C. The first-order chi connectivity index (χ1) is 5.37. The van der Waals surface area contributed by atoms with Crippen molar-refractivity contribution >= 4 is 30.6 Å². The van der Waals surface area contributed by atoms with Gasteiger partial charge in [-0.1, -0.05) is 0 Å². The molecule has 0 spiro atoms. The Hall–Kier alpha value is 1.01. The average Bonchev–Trinajstić information content (AvgIpc) is 1.44. The van der Waals surface area contributed by atoms with Gasteiger partial charge in [-0.2, -0.15) is 33.8 Å². The fourth-order valence-corrected chi connectivity index (χ4v) is 18.1. The largest absolute Gasteiger partial charge is 0.195 e. The van der Waals surface area contributed by atoms with Crippen molar-refractivity contribution in [3.05, 3.63) is 0 Å². The molecule has 0 rings (SSSR count). The van der Waals surface area contributed by atoms with Crippen molar-refractivity contribution in [3.8, 4) is 0 Å². The molecule has 0 aliphatic carbocycles. The van der Waals surface area contributed by atoms with Crippen LogP contribution in [0.3, 0.4) is 0 Å². The second-order valence-corrected chi connectivity index (χ2v) is 18.0. The van der Waals surface area contributed by atoms with Crippen molar-refractivity contribution in [1.29, 1.82) is 0 Å². The molecule has 0 saturated carbocycles. The number of rotatable bonds is 3. The van der Waals surface area contributed by atoms with E-state index in [0.717, 1.165) is 0 Å². The Morgan fingerprint density at radius 1 is 0.462 bits per heavy atom. The van der Waals surface area contributed by atoms with Crippen LogP contribution in [0.2, 0.25) is 0 Å². The van der Waals surface area contributed by atoms with E-state index < -0.39 is 30.6 Å². The smallest absolute Gasteiger partial charge is 0.0213 e. The van der Waals surface area contributed by atoms with Gasteiger partial charge in [0.15, 0.2) is 0 Å². The maximum atomic E-state index is 2.81. The lowest BCUT2D eigenvalue weighted by Crippen LogP contribution is -2.30. The summed E-state index contributed by atoms with van der Waals surface area (Å²) in [4.78, 5) is 0. The van der Waals surface area contributed by atoms with Crippen LogP contribution in [-0.4, -0.2) is 59.4 Å². The molecule has 0 amide bonds. The third kappa shape index (κ3) is 4.36. The molecule has 13 heavy (non-hydrogen) atoms. The molecule has 0 aliphatic rings. The molecule has 0 saturated heterocycles. The van der Waals surface area contributed by atoms with Crippen LogP contribution in [0.5, 0.6) is 0 Å². The van der Waals surface area contributed by atoms with Gasteiger partial charge < -0.3 is 0 Å². The summed E-state index contributed by atoms with van der Waals surface area (Å²) in [6.45, 7) is 0. The molecule has 0 aromatic carbocycles. The Bertz CT molecular complexity index is 137. The Morgan fingerprint density at radius 2 is 0.615 bits per heavy atom. The van der Waals surface area contributed by atoms with E-state index in [0.29, 0.717) is 0 Å². The van der Waals surface area contributed by atoms with Gasteiger partial charge in [0.25, 0.3) is 0 Å². The molecular weight excluding hydrogens is 218 g/mol. The van der Waals surface area contributed by atoms with Crippen LogP contribution in [0.1, 0.15) is 0 Å². The highest BCUT2D eigenvalue weighted by atomic mass is 32.4. The molecule has 86 valence electrons. The van der Waals surface area contributed by atoms with E-state index >= 15 is 0 Å². The summed E-state index contributed by atoms with van der Waals surface area (Å²) < 4.78 is 2.81. The summed E-state index contributed by atoms with van der Waals surface area (Å²) in [6, 6.07) is 0. The molecule has 0 N–H and O–H groups in total. The van der Waals surface area contributed by atoms with E-state index in [4.69, 9.17) is 0 Å². The first-order valence-corrected chi connectivity index (χ1v) is 12.7. The van der Waals surface area contributed by atoms with Crippen LogP contribution in [-0.2, 0) is 0 Å². The second kappa shape index (κ2) is 3.87. The van der Waals surface area contributed by atoms with E-state index in [1.165, 1.54) is 0 Å². The van der Waals surface area contributed by atoms with Crippen molar-refractivity contribution in [1.82, 2.24) is 3.12 Å². The first kappa shape index (κ1) is 14.0. The van der Waals surface area contributed by atoms with Gasteiger partial charge in [-0.05, 0) is 56.3 Å². The van der Waals surface area contributed by atoms with Gasteiger partial charge in [0.05, 0.1) is 0 Å². The zero-order chi connectivity index (χ0) is 11.1. The van der Waals surface area contributed by atoms with Crippen molar-refractivity contribution in [2.24, 2.45) is 0 Å². The Morgan fingerprint density at radius 3 is 0.615 bits per heavy atom. The molecule has 0 bridgehead atoms. The number of hydrogen-bond acceptors (Lipinski definition) is 1. The minimum absolute atomic E-state index is 0.573. The standard InChI is InChI=1S/C9H27NS3/c1-11(2,3)10(12(4,5)6)13(7,8)9/h1-9H3. The van der Waals surface area contributed by atoms with Crippen LogP contribution >= 0.6 is 30.6 Å². The van der Waals surface area contributed by atoms with E-state index in [9.17, 15) is 0 Å². The Balaban J connectivity index is 5.02. The third-order valence-electron chi connectivity index (χ3n) is 1.34. The molecule has 4 heteroatoms. The van der Waals surface area contributed by atoms with Crippen LogP contribution in [0, 0.1) is 0 Å².